The highest BCUT2D eigenvalue weighted by atomic mass is 19.4. The molecule has 3 unspecified atom stereocenters. The number of piperazine rings is 1. The molecule has 3 heterocycles. The highest BCUT2D eigenvalue weighted by Crippen LogP contribution is 2.27. The largest absolute Gasteiger partial charge is 0.435 e. The van der Waals surface area contributed by atoms with Crippen LogP contribution in [0.4, 0.5) is 23.4 Å². The molecule has 1 aromatic heterocycles. The zero-order valence-corrected chi connectivity index (χ0v) is 13.4. The van der Waals surface area contributed by atoms with E-state index in [0.29, 0.717) is 32.0 Å². The maximum absolute atomic E-state index is 13.5. The third kappa shape index (κ3) is 3.82. The maximum atomic E-state index is 13.5. The molecule has 2 N–H and O–H groups in total. The molecule has 138 valence electrons. The van der Waals surface area contributed by atoms with Crippen molar-refractivity contribution in [3.05, 3.63) is 17.8 Å². The third-order valence-corrected chi connectivity index (χ3v) is 4.33. The van der Waals surface area contributed by atoms with Gasteiger partial charge in [0.2, 0.25) is 0 Å². The first-order chi connectivity index (χ1) is 11.8. The zero-order chi connectivity index (χ0) is 18.2. The van der Waals surface area contributed by atoms with Crippen molar-refractivity contribution in [2.45, 2.75) is 31.6 Å². The highest BCUT2D eigenvalue weighted by Gasteiger charge is 2.37. The van der Waals surface area contributed by atoms with E-state index in [1.807, 2.05) is 9.80 Å². The van der Waals surface area contributed by atoms with E-state index in [4.69, 9.17) is 0 Å². The summed E-state index contributed by atoms with van der Waals surface area (Å²) in [6.07, 6.45) is -6.56. The van der Waals surface area contributed by atoms with Crippen molar-refractivity contribution >= 4 is 11.7 Å². The minimum atomic E-state index is -4.51. The zero-order valence-electron chi connectivity index (χ0n) is 13.4. The average Bonchev–Trinajstić information content (AvgIpc) is 2.59. The van der Waals surface area contributed by atoms with Crippen LogP contribution in [0.15, 0.2) is 12.1 Å². The molecule has 0 aromatic carbocycles. The Labute approximate surface area is 141 Å². The van der Waals surface area contributed by atoms with Crippen molar-refractivity contribution in [3.63, 3.8) is 0 Å². The van der Waals surface area contributed by atoms with Crippen molar-refractivity contribution in [2.75, 3.05) is 31.1 Å². The first-order valence-electron chi connectivity index (χ1n) is 7.86. The molecule has 0 bridgehead atoms. The maximum Gasteiger partial charge on any atom is 0.435 e. The van der Waals surface area contributed by atoms with Crippen LogP contribution in [-0.2, 0) is 11.0 Å². The molecule has 3 atom stereocenters. The molecule has 0 spiro atoms. The van der Waals surface area contributed by atoms with Crippen LogP contribution in [0.2, 0.25) is 0 Å². The average molecular weight is 362 g/mol. The predicted molar refractivity (Wildman–Crippen MR) is 80.2 cm³/mol. The van der Waals surface area contributed by atoms with Gasteiger partial charge in [0.1, 0.15) is 6.29 Å². The topological polar surface area (TPSA) is 73.4 Å². The molecule has 25 heavy (non-hydrogen) atoms. The van der Waals surface area contributed by atoms with Crippen LogP contribution in [-0.4, -0.2) is 65.7 Å². The fourth-order valence-corrected chi connectivity index (χ4v) is 2.87. The lowest BCUT2D eigenvalue weighted by atomic mass is 10.1. The van der Waals surface area contributed by atoms with Crippen molar-refractivity contribution in [3.8, 4) is 0 Å². The summed E-state index contributed by atoms with van der Waals surface area (Å²) in [6.45, 7) is 3.67. The number of alkyl halides is 4. The number of rotatable bonds is 2. The van der Waals surface area contributed by atoms with Crippen LogP contribution in [0, 0.1) is 0 Å². The molecule has 2 aliphatic heterocycles. The summed E-state index contributed by atoms with van der Waals surface area (Å²) in [5.41, 5.74) is -1.03. The van der Waals surface area contributed by atoms with E-state index in [9.17, 15) is 22.4 Å². The summed E-state index contributed by atoms with van der Waals surface area (Å²) in [5, 5.41) is 12.4. The standard InChI is InChI=1S/C14H18F4N6O/c1-8-11(15)12(25)20-13(19-8)24-6-4-23(5-7-24)10-3-2-9(21-22-10)14(16,17)18/h2-3,8,11,13,19H,4-7H2,1H3,(H,20,25). The van der Waals surface area contributed by atoms with Gasteiger partial charge in [0.05, 0.1) is 0 Å². The number of nitrogens with zero attached hydrogens (tertiary/aromatic N) is 4. The number of hydrogen-bond donors (Lipinski definition) is 2. The summed E-state index contributed by atoms with van der Waals surface area (Å²) < 4.78 is 51.1. The van der Waals surface area contributed by atoms with Gasteiger partial charge < -0.3 is 10.2 Å². The summed E-state index contributed by atoms with van der Waals surface area (Å²) in [5.74, 6) is -0.280. The predicted octanol–water partition coefficient (Wildman–Crippen LogP) is 0.347. The molecule has 3 rings (SSSR count). The summed E-state index contributed by atoms with van der Waals surface area (Å²) >= 11 is 0. The number of aromatic nitrogens is 2. The Bertz CT molecular complexity index is 617. The lowest BCUT2D eigenvalue weighted by Crippen LogP contribution is -2.69. The molecule has 11 heteroatoms. The van der Waals surface area contributed by atoms with E-state index in [1.54, 1.807) is 6.92 Å². The summed E-state index contributed by atoms with van der Waals surface area (Å²) in [4.78, 5) is 15.3. The fourth-order valence-electron chi connectivity index (χ4n) is 2.87. The van der Waals surface area contributed by atoms with Gasteiger partial charge in [0.25, 0.3) is 5.91 Å². The van der Waals surface area contributed by atoms with Gasteiger partial charge in [-0.1, -0.05) is 0 Å². The Hall–Kier alpha value is -2.01. The van der Waals surface area contributed by atoms with Crippen LogP contribution in [0.5, 0.6) is 0 Å². The molecule has 2 aliphatic rings. The molecule has 0 aliphatic carbocycles. The quantitative estimate of drug-likeness (QED) is 0.740. The second-order valence-corrected chi connectivity index (χ2v) is 6.07. The van der Waals surface area contributed by atoms with E-state index in [2.05, 4.69) is 20.8 Å². The normalized spacial score (nSPS) is 28.8. The minimum Gasteiger partial charge on any atom is -0.353 e. The molecule has 2 saturated heterocycles. The Morgan fingerprint density at radius 2 is 1.84 bits per heavy atom. The number of halogens is 4. The SMILES string of the molecule is CC1NC(N2CCN(c3ccc(C(F)(F)F)nn3)CC2)NC(=O)C1F. The second kappa shape index (κ2) is 6.71. The monoisotopic (exact) mass is 362 g/mol. The van der Waals surface area contributed by atoms with Gasteiger partial charge >= 0.3 is 6.18 Å². The van der Waals surface area contributed by atoms with Crippen LogP contribution < -0.4 is 15.5 Å². The number of nitrogens with one attached hydrogen (secondary N) is 2. The van der Waals surface area contributed by atoms with Crippen molar-refractivity contribution in [2.24, 2.45) is 0 Å². The number of hydrogen-bond acceptors (Lipinski definition) is 6. The highest BCUT2D eigenvalue weighted by molar-refractivity contribution is 5.82. The van der Waals surface area contributed by atoms with Gasteiger partial charge in [-0.05, 0) is 19.1 Å². The summed E-state index contributed by atoms with van der Waals surface area (Å²) in [7, 11) is 0. The van der Waals surface area contributed by atoms with E-state index in [1.165, 1.54) is 6.07 Å². The van der Waals surface area contributed by atoms with Crippen LogP contribution in [0.3, 0.4) is 0 Å². The second-order valence-electron chi connectivity index (χ2n) is 6.07. The smallest absolute Gasteiger partial charge is 0.353 e. The number of carbonyl (C=O) groups excluding carboxylic acids is 1. The number of amides is 1. The minimum absolute atomic E-state index is 0.366. The van der Waals surface area contributed by atoms with Gasteiger partial charge in [-0.2, -0.15) is 13.2 Å². The molecule has 7 nitrogen and oxygen atoms in total. The lowest BCUT2D eigenvalue weighted by Gasteiger charge is -2.43. The van der Waals surface area contributed by atoms with E-state index in [-0.39, 0.29) is 0 Å². The third-order valence-electron chi connectivity index (χ3n) is 4.33. The van der Waals surface area contributed by atoms with Gasteiger partial charge in [0.15, 0.2) is 17.7 Å². The van der Waals surface area contributed by atoms with Gasteiger partial charge in [-0.15, -0.1) is 10.2 Å². The van der Waals surface area contributed by atoms with Crippen LogP contribution >= 0.6 is 0 Å². The number of anilines is 1. The number of carbonyl (C=O) groups is 1. The Balaban J connectivity index is 1.58. The molecule has 1 amide bonds. The molecule has 1 aromatic rings. The first-order valence-corrected chi connectivity index (χ1v) is 7.86. The van der Waals surface area contributed by atoms with E-state index >= 15 is 0 Å². The molecular weight excluding hydrogens is 344 g/mol. The Morgan fingerprint density at radius 1 is 1.16 bits per heavy atom. The molecule has 0 saturated carbocycles. The van der Waals surface area contributed by atoms with E-state index < -0.39 is 36.3 Å². The van der Waals surface area contributed by atoms with Crippen LogP contribution in [0.25, 0.3) is 0 Å². The van der Waals surface area contributed by atoms with E-state index in [0.717, 1.165) is 6.07 Å². The van der Waals surface area contributed by atoms with Crippen molar-refractivity contribution in [1.29, 1.82) is 0 Å². The first kappa shape index (κ1) is 17.8. The lowest BCUT2D eigenvalue weighted by molar-refractivity contribution is -0.141. The molecule has 2 fully saturated rings. The summed E-state index contributed by atoms with van der Waals surface area (Å²) in [6, 6.07) is 1.61. The fraction of sp³-hybridized carbons (Fsp3) is 0.643. The van der Waals surface area contributed by atoms with Gasteiger partial charge in [-0.25, -0.2) is 4.39 Å². The van der Waals surface area contributed by atoms with Gasteiger partial charge in [0, 0.05) is 32.2 Å². The Kier molecular flexibility index (Phi) is 4.78. The molecular formula is C14H18F4N6O. The van der Waals surface area contributed by atoms with Crippen molar-refractivity contribution < 1.29 is 22.4 Å². The Morgan fingerprint density at radius 3 is 2.36 bits per heavy atom. The van der Waals surface area contributed by atoms with Gasteiger partial charge in [-0.3, -0.25) is 15.0 Å². The molecule has 0 radical (unpaired) electrons. The van der Waals surface area contributed by atoms with Crippen LogP contribution in [0.1, 0.15) is 12.6 Å². The van der Waals surface area contributed by atoms with Crippen molar-refractivity contribution in [1.82, 2.24) is 25.7 Å².